The fraction of sp³-hybridized carbons (Fsp3) is 0.690. The number of aliphatic hydroxyl groups excluding tert-OH is 4. The zero-order chi connectivity index (χ0) is 28.8. The normalized spacial score (nSPS) is 47.0. The van der Waals surface area contributed by atoms with Gasteiger partial charge in [-0.2, -0.15) is 0 Å². The minimum atomic E-state index is -1.52. The third-order valence-corrected chi connectivity index (χ3v) is 10.9. The van der Waals surface area contributed by atoms with Gasteiger partial charge in [-0.1, -0.05) is 6.92 Å². The van der Waals surface area contributed by atoms with Gasteiger partial charge in [0.05, 0.1) is 23.9 Å². The predicted molar refractivity (Wildman–Crippen MR) is 136 cm³/mol. The van der Waals surface area contributed by atoms with Crippen LogP contribution in [0.2, 0.25) is 0 Å². The SMILES string of the molecule is C[C@]12CC[C@@H](O[C@@H]3OC[C@@H](O)[C@H](O)[C@H]3O)C(=O)[C@H]1CC[C@@H]1C2=C(O)C(=O)[C@]2(C)[C@@H](c3ccc(=O)oc3)CC[C@]12O. The van der Waals surface area contributed by atoms with Crippen molar-refractivity contribution in [2.24, 2.45) is 22.7 Å². The van der Waals surface area contributed by atoms with E-state index in [0.29, 0.717) is 43.2 Å². The lowest BCUT2D eigenvalue weighted by molar-refractivity contribution is -0.282. The summed E-state index contributed by atoms with van der Waals surface area (Å²) >= 11 is 0. The highest BCUT2D eigenvalue weighted by molar-refractivity contribution is 6.02. The smallest absolute Gasteiger partial charge is 0.335 e. The molecule has 1 aromatic rings. The van der Waals surface area contributed by atoms with Crippen molar-refractivity contribution >= 4 is 11.6 Å². The molecule has 4 fully saturated rings. The van der Waals surface area contributed by atoms with E-state index in [-0.39, 0.29) is 18.8 Å². The lowest BCUT2D eigenvalue weighted by Crippen LogP contribution is -2.63. The Bertz CT molecular complexity index is 1300. The first-order valence-corrected chi connectivity index (χ1v) is 14.0. The molecule has 1 aliphatic heterocycles. The van der Waals surface area contributed by atoms with Crippen LogP contribution < -0.4 is 5.63 Å². The molecule has 11 atom stereocenters. The second kappa shape index (κ2) is 9.30. The molecule has 218 valence electrons. The fourth-order valence-corrected chi connectivity index (χ4v) is 8.59. The maximum atomic E-state index is 14.0. The quantitative estimate of drug-likeness (QED) is 0.331. The number of hydrogen-bond acceptors (Lipinski definition) is 11. The molecule has 0 bridgehead atoms. The average Bonchev–Trinajstić information content (AvgIpc) is 3.21. The third kappa shape index (κ3) is 3.61. The molecule has 0 spiro atoms. The topological polar surface area (TPSA) is 184 Å². The summed E-state index contributed by atoms with van der Waals surface area (Å²) in [7, 11) is 0. The zero-order valence-electron chi connectivity index (χ0n) is 22.5. The molecule has 11 nitrogen and oxygen atoms in total. The van der Waals surface area contributed by atoms with Crippen LogP contribution in [-0.4, -0.2) is 80.0 Å². The number of carbonyl (C=O) groups is 2. The molecule has 1 aromatic heterocycles. The van der Waals surface area contributed by atoms with Gasteiger partial charge in [-0.25, -0.2) is 4.79 Å². The molecule has 5 aliphatic rings. The van der Waals surface area contributed by atoms with Gasteiger partial charge in [0.15, 0.2) is 17.8 Å². The van der Waals surface area contributed by atoms with Crippen LogP contribution in [0, 0.1) is 22.7 Å². The van der Waals surface area contributed by atoms with Gasteiger partial charge in [0.25, 0.3) is 0 Å². The highest BCUT2D eigenvalue weighted by Crippen LogP contribution is 2.68. The first-order valence-electron chi connectivity index (χ1n) is 14.0. The predicted octanol–water partition coefficient (Wildman–Crippen LogP) is 0.869. The van der Waals surface area contributed by atoms with Crippen LogP contribution in [0.3, 0.4) is 0 Å². The van der Waals surface area contributed by atoms with E-state index in [1.54, 1.807) is 13.0 Å². The summed E-state index contributed by atoms with van der Waals surface area (Å²) in [5, 5.41) is 53.8. The molecule has 5 N–H and O–H groups in total. The summed E-state index contributed by atoms with van der Waals surface area (Å²) in [6, 6.07) is 2.88. The Morgan fingerprint density at radius 3 is 2.35 bits per heavy atom. The summed E-state index contributed by atoms with van der Waals surface area (Å²) < 4.78 is 16.2. The zero-order valence-corrected chi connectivity index (χ0v) is 22.5. The summed E-state index contributed by atoms with van der Waals surface area (Å²) in [5.41, 5.74) is -3.19. The highest BCUT2D eigenvalue weighted by atomic mass is 16.7. The van der Waals surface area contributed by atoms with E-state index >= 15 is 0 Å². The molecule has 0 unspecified atom stereocenters. The largest absolute Gasteiger partial charge is 0.504 e. The number of carbonyl (C=O) groups excluding carboxylic acids is 2. The van der Waals surface area contributed by atoms with Crippen LogP contribution in [0.1, 0.15) is 63.9 Å². The number of allylic oxidation sites excluding steroid dienone is 1. The van der Waals surface area contributed by atoms with Crippen LogP contribution >= 0.6 is 0 Å². The van der Waals surface area contributed by atoms with Crippen molar-refractivity contribution in [1.29, 1.82) is 0 Å². The van der Waals surface area contributed by atoms with Gasteiger partial charge in [-0.15, -0.1) is 0 Å². The van der Waals surface area contributed by atoms with E-state index in [1.165, 1.54) is 12.3 Å². The Balaban J connectivity index is 1.31. The van der Waals surface area contributed by atoms with Gasteiger partial charge in [0.1, 0.15) is 24.4 Å². The highest BCUT2D eigenvalue weighted by Gasteiger charge is 2.71. The number of hydrogen-bond donors (Lipinski definition) is 5. The van der Waals surface area contributed by atoms with Crippen molar-refractivity contribution in [3.8, 4) is 0 Å². The number of fused-ring (bicyclic) bond motifs is 5. The first kappa shape index (κ1) is 27.7. The van der Waals surface area contributed by atoms with Gasteiger partial charge in [0.2, 0.25) is 5.78 Å². The Hall–Kier alpha value is -2.41. The third-order valence-electron chi connectivity index (χ3n) is 10.9. The molecule has 0 amide bonds. The summed E-state index contributed by atoms with van der Waals surface area (Å²) in [6.45, 7) is 3.28. The van der Waals surface area contributed by atoms with E-state index < -0.39 is 82.1 Å². The number of aliphatic hydroxyl groups is 5. The van der Waals surface area contributed by atoms with Crippen molar-refractivity contribution in [3.05, 3.63) is 45.7 Å². The Morgan fingerprint density at radius 1 is 0.925 bits per heavy atom. The van der Waals surface area contributed by atoms with Gasteiger partial charge < -0.3 is 39.4 Å². The molecular weight excluding hydrogens is 524 g/mol. The molecule has 40 heavy (non-hydrogen) atoms. The van der Waals surface area contributed by atoms with Crippen molar-refractivity contribution in [2.45, 2.75) is 94.6 Å². The molecule has 11 heteroatoms. The van der Waals surface area contributed by atoms with E-state index in [9.17, 15) is 39.9 Å². The molecule has 3 saturated carbocycles. The fourth-order valence-electron chi connectivity index (χ4n) is 8.59. The molecule has 4 aliphatic carbocycles. The van der Waals surface area contributed by atoms with Crippen molar-refractivity contribution in [3.63, 3.8) is 0 Å². The van der Waals surface area contributed by atoms with Crippen LogP contribution in [0.15, 0.2) is 38.9 Å². The molecule has 0 radical (unpaired) electrons. The number of Topliss-reactive ketones (excluding diaryl/α,β-unsaturated/α-hetero) is 2. The summed E-state index contributed by atoms with van der Waals surface area (Å²) in [6.07, 6.45) is -3.00. The second-order valence-electron chi connectivity index (χ2n) is 12.6. The Kier molecular flexibility index (Phi) is 6.45. The molecular formula is C29H36O11. The van der Waals surface area contributed by atoms with Crippen LogP contribution in [0.25, 0.3) is 0 Å². The monoisotopic (exact) mass is 560 g/mol. The number of ether oxygens (including phenoxy) is 2. The average molecular weight is 561 g/mol. The van der Waals surface area contributed by atoms with Crippen LogP contribution in [-0.2, 0) is 19.1 Å². The van der Waals surface area contributed by atoms with E-state index in [1.807, 2.05) is 6.92 Å². The minimum Gasteiger partial charge on any atom is -0.504 e. The second-order valence-corrected chi connectivity index (χ2v) is 12.6. The van der Waals surface area contributed by atoms with E-state index in [0.717, 1.165) is 0 Å². The van der Waals surface area contributed by atoms with Gasteiger partial charge >= 0.3 is 5.63 Å². The van der Waals surface area contributed by atoms with Gasteiger partial charge in [0, 0.05) is 29.2 Å². The molecule has 6 rings (SSSR count). The van der Waals surface area contributed by atoms with Crippen molar-refractivity contribution in [2.75, 3.05) is 6.61 Å². The summed E-state index contributed by atoms with van der Waals surface area (Å²) in [4.78, 5) is 39.3. The molecule has 2 heterocycles. The number of ketones is 2. The van der Waals surface area contributed by atoms with Crippen LogP contribution in [0.5, 0.6) is 0 Å². The number of rotatable bonds is 3. The molecule has 1 saturated heterocycles. The van der Waals surface area contributed by atoms with E-state index in [4.69, 9.17) is 13.9 Å². The lowest BCUT2D eigenvalue weighted by atomic mass is 9.46. The summed E-state index contributed by atoms with van der Waals surface area (Å²) in [5.74, 6) is -2.83. The molecule has 0 aromatic carbocycles. The lowest BCUT2D eigenvalue weighted by Gasteiger charge is -2.58. The maximum Gasteiger partial charge on any atom is 0.335 e. The first-order chi connectivity index (χ1) is 18.8. The Morgan fingerprint density at radius 2 is 1.65 bits per heavy atom. The minimum absolute atomic E-state index is 0.218. The van der Waals surface area contributed by atoms with Crippen LogP contribution in [0.4, 0.5) is 0 Å². The van der Waals surface area contributed by atoms with E-state index in [2.05, 4.69) is 0 Å². The maximum absolute atomic E-state index is 14.0. The van der Waals surface area contributed by atoms with Gasteiger partial charge in [-0.3, -0.25) is 9.59 Å². The standard InChI is InChI=1S/C29H36O11/c1-27-9-8-18(40-26-24(35)22(33)17(30)12-39-26)21(32)16(27)5-4-15-20(27)23(34)25(36)28(2)14(7-10-29(15,28)37)13-3-6-19(31)38-11-13/h3,6,11,14-18,22,24,26,30,33-35,37H,4-5,7-10,12H2,1-2H3/t14-,15-,16-,17-,18-,22+,24-,26+,27+,28+,29+/m1/s1. The Labute approximate surface area is 230 Å². The van der Waals surface area contributed by atoms with Crippen molar-refractivity contribution < 1.29 is 49.0 Å². The van der Waals surface area contributed by atoms with Gasteiger partial charge in [-0.05, 0) is 62.7 Å². The van der Waals surface area contributed by atoms with Crippen molar-refractivity contribution in [1.82, 2.24) is 0 Å².